The van der Waals surface area contributed by atoms with Crippen LogP contribution in [0.4, 0.5) is 10.3 Å². The van der Waals surface area contributed by atoms with Gasteiger partial charge in [-0.15, -0.1) is 11.3 Å². The number of nitrogens with zero attached hydrogens (tertiary/aromatic N) is 4. The fourth-order valence-corrected chi connectivity index (χ4v) is 4.34. The Kier molecular flexibility index (Phi) is 6.20. The molecule has 0 bridgehead atoms. The molecule has 5 rings (SSSR count). The van der Waals surface area contributed by atoms with E-state index in [0.29, 0.717) is 46.6 Å². The average Bonchev–Trinajstić information content (AvgIpc) is 3.44. The van der Waals surface area contributed by atoms with Crippen molar-refractivity contribution in [3.63, 3.8) is 0 Å². The van der Waals surface area contributed by atoms with Gasteiger partial charge in [0, 0.05) is 47.0 Å². The minimum Gasteiger partial charge on any atom is -0.352 e. The van der Waals surface area contributed by atoms with Gasteiger partial charge in [-0.1, -0.05) is 23.7 Å². The van der Waals surface area contributed by atoms with Crippen molar-refractivity contribution in [3.8, 4) is 22.6 Å². The van der Waals surface area contributed by atoms with Crippen LogP contribution in [-0.4, -0.2) is 38.3 Å². The van der Waals surface area contributed by atoms with E-state index in [9.17, 15) is 9.18 Å². The molecule has 0 atom stereocenters. The second kappa shape index (κ2) is 9.58. The number of halogens is 2. The van der Waals surface area contributed by atoms with Gasteiger partial charge in [-0.2, -0.15) is 0 Å². The number of hydrogen-bond acceptors (Lipinski definition) is 6. The van der Waals surface area contributed by atoms with Crippen LogP contribution in [0.15, 0.2) is 72.4 Å². The summed E-state index contributed by atoms with van der Waals surface area (Å²) in [5.74, 6) is -0.105. The van der Waals surface area contributed by atoms with Crippen LogP contribution in [0, 0.1) is 5.82 Å². The third-order valence-corrected chi connectivity index (χ3v) is 6.07. The fourth-order valence-electron chi connectivity index (χ4n) is 3.50. The first kappa shape index (κ1) is 22.0. The van der Waals surface area contributed by atoms with Crippen molar-refractivity contribution in [2.45, 2.75) is 0 Å². The fraction of sp³-hybridized carbons (Fsp3) is 0.0833. The number of nitrogens with one attached hydrogen (secondary N) is 2. The van der Waals surface area contributed by atoms with Crippen molar-refractivity contribution in [1.29, 1.82) is 0 Å². The van der Waals surface area contributed by atoms with Gasteiger partial charge in [-0.05, 0) is 42.5 Å². The summed E-state index contributed by atoms with van der Waals surface area (Å²) >= 11 is 7.35. The van der Waals surface area contributed by atoms with E-state index in [-0.39, 0.29) is 11.7 Å². The minimum absolute atomic E-state index is 0.188. The lowest BCUT2D eigenvalue weighted by atomic mass is 10.1. The van der Waals surface area contributed by atoms with Crippen LogP contribution < -0.4 is 10.6 Å². The van der Waals surface area contributed by atoms with Gasteiger partial charge in [0.25, 0.3) is 5.91 Å². The highest BCUT2D eigenvalue weighted by Gasteiger charge is 2.18. The molecule has 170 valence electrons. The standard InChI is InChI=1S/C24H18ClFN6OS/c25-17-6-4-15(5-7-17)22(33)27-10-11-29-23-28-9-8-19(30-23)21-20(16-2-1-3-18(26)14-16)31-24-32(21)12-13-34-24/h1-9,12-14H,10-11H2,(H,27,33)(H,28,29,30). The molecular formula is C24H18ClFN6OS. The number of anilines is 1. The molecule has 0 aliphatic heterocycles. The second-order valence-corrected chi connectivity index (χ2v) is 8.64. The van der Waals surface area contributed by atoms with E-state index in [1.807, 2.05) is 22.0 Å². The van der Waals surface area contributed by atoms with E-state index in [1.54, 1.807) is 42.6 Å². The summed E-state index contributed by atoms with van der Waals surface area (Å²) in [4.78, 5) is 26.6. The molecule has 0 aliphatic rings. The molecule has 3 aromatic heterocycles. The molecule has 2 aromatic carbocycles. The molecule has 5 aromatic rings. The maximum absolute atomic E-state index is 13.9. The normalized spacial score (nSPS) is 11.0. The number of benzene rings is 2. The van der Waals surface area contributed by atoms with Gasteiger partial charge in [0.2, 0.25) is 5.95 Å². The zero-order chi connectivity index (χ0) is 23.5. The summed E-state index contributed by atoms with van der Waals surface area (Å²) in [6.45, 7) is 0.810. The van der Waals surface area contributed by atoms with Crippen LogP contribution in [0.5, 0.6) is 0 Å². The van der Waals surface area contributed by atoms with E-state index >= 15 is 0 Å². The van der Waals surface area contributed by atoms with Crippen LogP contribution in [0.1, 0.15) is 10.4 Å². The Morgan fingerprint density at radius 1 is 1.09 bits per heavy atom. The molecular weight excluding hydrogens is 475 g/mol. The predicted molar refractivity (Wildman–Crippen MR) is 132 cm³/mol. The van der Waals surface area contributed by atoms with Crippen molar-refractivity contribution >= 4 is 39.8 Å². The number of rotatable bonds is 7. The van der Waals surface area contributed by atoms with Gasteiger partial charge in [0.1, 0.15) is 11.5 Å². The molecule has 2 N–H and O–H groups in total. The molecule has 0 saturated carbocycles. The summed E-state index contributed by atoms with van der Waals surface area (Å²) in [6.07, 6.45) is 3.56. The molecule has 3 heterocycles. The summed E-state index contributed by atoms with van der Waals surface area (Å²) in [5.41, 5.74) is 3.25. The summed E-state index contributed by atoms with van der Waals surface area (Å²) in [6, 6.07) is 14.8. The van der Waals surface area contributed by atoms with Gasteiger partial charge in [-0.25, -0.2) is 19.3 Å². The number of carbonyl (C=O) groups is 1. The van der Waals surface area contributed by atoms with Gasteiger partial charge >= 0.3 is 0 Å². The Hall–Kier alpha value is -3.82. The summed E-state index contributed by atoms with van der Waals surface area (Å²) in [5, 5.41) is 8.48. The SMILES string of the molecule is O=C(NCCNc1nccc(-c2c(-c3cccc(F)c3)nc3sccn23)n1)c1ccc(Cl)cc1. The number of hydrogen-bond donors (Lipinski definition) is 2. The first-order valence-electron chi connectivity index (χ1n) is 10.4. The lowest BCUT2D eigenvalue weighted by molar-refractivity contribution is 0.0955. The van der Waals surface area contributed by atoms with Crippen LogP contribution >= 0.6 is 22.9 Å². The highest BCUT2D eigenvalue weighted by Crippen LogP contribution is 2.33. The number of fused-ring (bicyclic) bond motifs is 1. The first-order valence-corrected chi connectivity index (χ1v) is 11.7. The van der Waals surface area contributed by atoms with Crippen LogP contribution in [0.3, 0.4) is 0 Å². The Labute approximate surface area is 203 Å². The Balaban J connectivity index is 1.33. The van der Waals surface area contributed by atoms with Gasteiger partial charge in [0.05, 0.1) is 11.4 Å². The summed E-state index contributed by atoms with van der Waals surface area (Å²) < 4.78 is 15.8. The lowest BCUT2D eigenvalue weighted by Crippen LogP contribution is -2.29. The molecule has 10 heteroatoms. The summed E-state index contributed by atoms with van der Waals surface area (Å²) in [7, 11) is 0. The van der Waals surface area contributed by atoms with E-state index in [0.717, 1.165) is 10.7 Å². The van der Waals surface area contributed by atoms with E-state index in [4.69, 9.17) is 16.6 Å². The van der Waals surface area contributed by atoms with E-state index < -0.39 is 0 Å². The first-order chi connectivity index (χ1) is 16.6. The Bertz CT molecular complexity index is 1470. The number of imidazole rings is 1. The van der Waals surface area contributed by atoms with Crippen molar-refractivity contribution in [1.82, 2.24) is 24.7 Å². The number of aromatic nitrogens is 4. The Morgan fingerprint density at radius 2 is 1.94 bits per heavy atom. The van der Waals surface area contributed by atoms with Gasteiger partial charge < -0.3 is 10.6 Å². The maximum atomic E-state index is 13.9. The van der Waals surface area contributed by atoms with Crippen molar-refractivity contribution in [2.75, 3.05) is 18.4 Å². The molecule has 1 amide bonds. The monoisotopic (exact) mass is 492 g/mol. The zero-order valence-corrected chi connectivity index (χ0v) is 19.3. The molecule has 34 heavy (non-hydrogen) atoms. The second-order valence-electron chi connectivity index (χ2n) is 7.33. The number of thiazole rings is 1. The number of amides is 1. The van der Waals surface area contributed by atoms with Crippen LogP contribution in [-0.2, 0) is 0 Å². The number of carbonyl (C=O) groups excluding carboxylic acids is 1. The minimum atomic E-state index is -0.328. The smallest absolute Gasteiger partial charge is 0.251 e. The quantitative estimate of drug-likeness (QED) is 0.307. The van der Waals surface area contributed by atoms with E-state index in [1.165, 1.54) is 23.5 Å². The van der Waals surface area contributed by atoms with Crippen LogP contribution in [0.25, 0.3) is 27.6 Å². The maximum Gasteiger partial charge on any atom is 0.251 e. The lowest BCUT2D eigenvalue weighted by Gasteiger charge is -2.09. The largest absolute Gasteiger partial charge is 0.352 e. The van der Waals surface area contributed by atoms with Crippen LogP contribution in [0.2, 0.25) is 5.02 Å². The molecule has 0 unspecified atom stereocenters. The highest BCUT2D eigenvalue weighted by atomic mass is 35.5. The van der Waals surface area contributed by atoms with E-state index in [2.05, 4.69) is 20.6 Å². The highest BCUT2D eigenvalue weighted by molar-refractivity contribution is 7.15. The molecule has 7 nitrogen and oxygen atoms in total. The van der Waals surface area contributed by atoms with Crippen molar-refractivity contribution in [3.05, 3.63) is 88.8 Å². The third-order valence-electron chi connectivity index (χ3n) is 5.06. The predicted octanol–water partition coefficient (Wildman–Crippen LogP) is 5.15. The average molecular weight is 493 g/mol. The third kappa shape index (κ3) is 4.61. The Morgan fingerprint density at radius 3 is 2.76 bits per heavy atom. The van der Waals surface area contributed by atoms with Gasteiger partial charge in [-0.3, -0.25) is 9.20 Å². The molecule has 0 fully saturated rings. The molecule has 0 radical (unpaired) electrons. The topological polar surface area (TPSA) is 84.2 Å². The molecule has 0 spiro atoms. The van der Waals surface area contributed by atoms with Crippen molar-refractivity contribution in [2.24, 2.45) is 0 Å². The molecule has 0 saturated heterocycles. The van der Waals surface area contributed by atoms with Gasteiger partial charge in [0.15, 0.2) is 4.96 Å². The van der Waals surface area contributed by atoms with Crippen molar-refractivity contribution < 1.29 is 9.18 Å². The zero-order valence-electron chi connectivity index (χ0n) is 17.7. The molecule has 0 aliphatic carbocycles.